The molecule has 1 N–H and O–H groups in total. The second-order valence-corrected chi connectivity index (χ2v) is 4.29. The second-order valence-electron chi connectivity index (χ2n) is 3.43. The molecule has 1 unspecified atom stereocenters. The number of fused-ring (bicyclic) bond motifs is 1. The van der Waals surface area contributed by atoms with Gasteiger partial charge in [0, 0.05) is 0 Å². The first kappa shape index (κ1) is 10.6. The Morgan fingerprint density at radius 3 is 2.80 bits per heavy atom. The van der Waals surface area contributed by atoms with Crippen molar-refractivity contribution in [2.75, 3.05) is 7.05 Å². The number of furan rings is 1. The van der Waals surface area contributed by atoms with Crippen molar-refractivity contribution in [1.82, 2.24) is 5.32 Å². The predicted octanol–water partition coefficient (Wildman–Crippen LogP) is 3.61. The highest BCUT2D eigenvalue weighted by Gasteiger charge is 2.14. The van der Waals surface area contributed by atoms with E-state index in [0.29, 0.717) is 11.0 Å². The van der Waals surface area contributed by atoms with Crippen LogP contribution < -0.4 is 5.32 Å². The molecule has 0 amide bonds. The third-order valence-electron chi connectivity index (χ3n) is 2.46. The van der Waals surface area contributed by atoms with E-state index in [2.05, 4.69) is 21.2 Å². The molecule has 0 aliphatic heterocycles. The predicted molar refractivity (Wildman–Crippen MR) is 61.3 cm³/mol. The molecule has 1 aromatic carbocycles. The van der Waals surface area contributed by atoms with Gasteiger partial charge in [-0.2, -0.15) is 0 Å². The first-order chi connectivity index (χ1) is 7.13. The van der Waals surface area contributed by atoms with Crippen LogP contribution in [-0.4, -0.2) is 7.05 Å². The maximum absolute atomic E-state index is 13.4. The molecule has 0 bridgehead atoms. The minimum atomic E-state index is -0.258. The standard InChI is InChI=1S/C11H11BrFNO/c1-6(14-2)10-5-7-9(13)4-3-8(12)11(7)15-10/h3-6,14H,1-2H3. The second kappa shape index (κ2) is 3.94. The summed E-state index contributed by atoms with van der Waals surface area (Å²) in [5, 5.41) is 3.56. The lowest BCUT2D eigenvalue weighted by molar-refractivity contribution is 0.474. The van der Waals surface area contributed by atoms with Crippen LogP contribution in [0.15, 0.2) is 27.1 Å². The van der Waals surface area contributed by atoms with Gasteiger partial charge in [0.2, 0.25) is 0 Å². The van der Waals surface area contributed by atoms with E-state index in [1.165, 1.54) is 6.07 Å². The van der Waals surface area contributed by atoms with Crippen molar-refractivity contribution in [2.45, 2.75) is 13.0 Å². The first-order valence-electron chi connectivity index (χ1n) is 4.68. The Labute approximate surface area is 95.6 Å². The van der Waals surface area contributed by atoms with Crippen molar-refractivity contribution in [3.8, 4) is 0 Å². The molecule has 0 radical (unpaired) electrons. The molecule has 2 rings (SSSR count). The molecule has 0 aliphatic rings. The SMILES string of the molecule is CNC(C)c1cc2c(F)ccc(Br)c2o1. The van der Waals surface area contributed by atoms with Crippen molar-refractivity contribution in [2.24, 2.45) is 0 Å². The van der Waals surface area contributed by atoms with Crippen LogP contribution in [0.3, 0.4) is 0 Å². The maximum Gasteiger partial charge on any atom is 0.151 e. The van der Waals surface area contributed by atoms with E-state index >= 15 is 0 Å². The van der Waals surface area contributed by atoms with Gasteiger partial charge in [0.15, 0.2) is 5.58 Å². The Morgan fingerprint density at radius 1 is 1.47 bits per heavy atom. The molecular formula is C11H11BrFNO. The van der Waals surface area contributed by atoms with E-state index in [4.69, 9.17) is 4.42 Å². The molecule has 0 fully saturated rings. The fourth-order valence-corrected chi connectivity index (χ4v) is 1.86. The summed E-state index contributed by atoms with van der Waals surface area (Å²) in [6, 6.07) is 4.88. The van der Waals surface area contributed by atoms with E-state index in [0.717, 1.165) is 10.2 Å². The number of hydrogen-bond donors (Lipinski definition) is 1. The summed E-state index contributed by atoms with van der Waals surface area (Å²) in [5.74, 6) is 0.477. The maximum atomic E-state index is 13.4. The third-order valence-corrected chi connectivity index (χ3v) is 3.09. The lowest BCUT2D eigenvalue weighted by Gasteiger charge is -2.04. The smallest absolute Gasteiger partial charge is 0.151 e. The average molecular weight is 272 g/mol. The monoisotopic (exact) mass is 271 g/mol. The van der Waals surface area contributed by atoms with E-state index in [1.807, 2.05) is 14.0 Å². The Kier molecular flexibility index (Phi) is 2.80. The fraction of sp³-hybridized carbons (Fsp3) is 0.273. The fourth-order valence-electron chi connectivity index (χ4n) is 1.43. The molecule has 0 saturated carbocycles. The minimum Gasteiger partial charge on any atom is -0.458 e. The highest BCUT2D eigenvalue weighted by molar-refractivity contribution is 9.10. The topological polar surface area (TPSA) is 25.2 Å². The van der Waals surface area contributed by atoms with E-state index in [-0.39, 0.29) is 11.9 Å². The normalized spacial score (nSPS) is 13.3. The molecule has 2 nitrogen and oxygen atoms in total. The van der Waals surface area contributed by atoms with Gasteiger partial charge in [-0.1, -0.05) is 0 Å². The van der Waals surface area contributed by atoms with Crippen LogP contribution in [-0.2, 0) is 0 Å². The molecule has 4 heteroatoms. The number of hydrogen-bond acceptors (Lipinski definition) is 2. The van der Waals surface area contributed by atoms with Crippen LogP contribution in [0.25, 0.3) is 11.0 Å². The van der Waals surface area contributed by atoms with Gasteiger partial charge >= 0.3 is 0 Å². The van der Waals surface area contributed by atoms with Crippen molar-refractivity contribution in [1.29, 1.82) is 0 Å². The first-order valence-corrected chi connectivity index (χ1v) is 5.47. The van der Waals surface area contributed by atoms with Gasteiger partial charge in [-0.05, 0) is 48.1 Å². The highest BCUT2D eigenvalue weighted by atomic mass is 79.9. The van der Waals surface area contributed by atoms with Crippen LogP contribution in [0, 0.1) is 5.82 Å². The largest absolute Gasteiger partial charge is 0.458 e. The quantitative estimate of drug-likeness (QED) is 0.903. The molecule has 15 heavy (non-hydrogen) atoms. The van der Waals surface area contributed by atoms with Gasteiger partial charge < -0.3 is 9.73 Å². The summed E-state index contributed by atoms with van der Waals surface area (Å²) in [4.78, 5) is 0. The summed E-state index contributed by atoms with van der Waals surface area (Å²) >= 11 is 3.33. The van der Waals surface area contributed by atoms with Crippen LogP contribution in [0.5, 0.6) is 0 Å². The molecule has 80 valence electrons. The van der Waals surface area contributed by atoms with Crippen LogP contribution in [0.1, 0.15) is 18.7 Å². The number of halogens is 2. The van der Waals surface area contributed by atoms with Crippen molar-refractivity contribution in [3.63, 3.8) is 0 Å². The molecule has 0 saturated heterocycles. The average Bonchev–Trinajstić information content (AvgIpc) is 2.68. The molecule has 1 aromatic heterocycles. The van der Waals surface area contributed by atoms with Crippen LogP contribution in [0.4, 0.5) is 4.39 Å². The van der Waals surface area contributed by atoms with Crippen LogP contribution >= 0.6 is 15.9 Å². The summed E-state index contributed by atoms with van der Waals surface area (Å²) in [6.45, 7) is 1.96. The van der Waals surface area contributed by atoms with Gasteiger partial charge in [-0.3, -0.25) is 0 Å². The molecule has 2 aromatic rings. The Hall–Kier alpha value is -0.870. The van der Waals surface area contributed by atoms with E-state index in [9.17, 15) is 4.39 Å². The van der Waals surface area contributed by atoms with E-state index < -0.39 is 0 Å². The molecule has 1 atom stereocenters. The summed E-state index contributed by atoms with van der Waals surface area (Å²) in [5.41, 5.74) is 0.562. The zero-order valence-electron chi connectivity index (χ0n) is 8.47. The lowest BCUT2D eigenvalue weighted by Crippen LogP contribution is -2.10. The van der Waals surface area contributed by atoms with Crippen LogP contribution in [0.2, 0.25) is 0 Å². The Balaban J connectivity index is 2.64. The highest BCUT2D eigenvalue weighted by Crippen LogP contribution is 2.31. The van der Waals surface area contributed by atoms with Gasteiger partial charge in [0.05, 0.1) is 15.9 Å². The van der Waals surface area contributed by atoms with Gasteiger partial charge in [0.25, 0.3) is 0 Å². The zero-order chi connectivity index (χ0) is 11.0. The Bertz CT molecular complexity index is 456. The van der Waals surface area contributed by atoms with Gasteiger partial charge in [0.1, 0.15) is 11.6 Å². The summed E-state index contributed by atoms with van der Waals surface area (Å²) in [6.07, 6.45) is 0. The molecule has 0 aliphatic carbocycles. The minimum absolute atomic E-state index is 0.0729. The zero-order valence-corrected chi connectivity index (χ0v) is 10.1. The number of rotatable bonds is 2. The number of benzene rings is 1. The number of nitrogens with one attached hydrogen (secondary N) is 1. The third kappa shape index (κ3) is 1.79. The summed E-state index contributed by atoms with van der Waals surface area (Å²) < 4.78 is 19.8. The van der Waals surface area contributed by atoms with Crippen molar-refractivity contribution >= 4 is 26.9 Å². The van der Waals surface area contributed by atoms with Crippen molar-refractivity contribution in [3.05, 3.63) is 34.2 Å². The molecule has 1 heterocycles. The molecule has 0 spiro atoms. The summed E-state index contributed by atoms with van der Waals surface area (Å²) in [7, 11) is 1.84. The Morgan fingerprint density at radius 2 is 2.20 bits per heavy atom. The van der Waals surface area contributed by atoms with Crippen molar-refractivity contribution < 1.29 is 8.81 Å². The molecular weight excluding hydrogens is 261 g/mol. The lowest BCUT2D eigenvalue weighted by atomic mass is 10.2. The van der Waals surface area contributed by atoms with Gasteiger partial charge in [-0.25, -0.2) is 4.39 Å². The van der Waals surface area contributed by atoms with E-state index in [1.54, 1.807) is 12.1 Å². The van der Waals surface area contributed by atoms with Gasteiger partial charge in [-0.15, -0.1) is 0 Å².